The lowest BCUT2D eigenvalue weighted by Crippen LogP contribution is -2.21. The smallest absolute Gasteiger partial charge is 0.224 e. The van der Waals surface area contributed by atoms with Crippen LogP contribution < -0.4 is 15.8 Å². The van der Waals surface area contributed by atoms with E-state index in [0.29, 0.717) is 18.8 Å². The van der Waals surface area contributed by atoms with Gasteiger partial charge in [0.2, 0.25) is 5.91 Å². The third-order valence-electron chi connectivity index (χ3n) is 3.79. The average Bonchev–Trinajstić information content (AvgIpc) is 2.53. The molecule has 0 aliphatic carbocycles. The fraction of sp³-hybridized carbons (Fsp3) is 0.588. The lowest BCUT2D eigenvalue weighted by Gasteiger charge is -2.22. The van der Waals surface area contributed by atoms with Gasteiger partial charge in [0.1, 0.15) is 5.75 Å². The molecule has 0 saturated carbocycles. The maximum atomic E-state index is 11.7. The number of hydrogen-bond donors (Lipinski definition) is 2. The minimum absolute atomic E-state index is 0.00632. The Morgan fingerprint density at radius 1 is 1.36 bits per heavy atom. The van der Waals surface area contributed by atoms with E-state index in [1.165, 1.54) is 0 Å². The van der Waals surface area contributed by atoms with Crippen LogP contribution in [0.15, 0.2) is 24.3 Å². The van der Waals surface area contributed by atoms with Gasteiger partial charge < -0.3 is 20.5 Å². The van der Waals surface area contributed by atoms with Crippen molar-refractivity contribution in [1.29, 1.82) is 0 Å². The molecule has 1 aliphatic rings. The van der Waals surface area contributed by atoms with E-state index in [4.69, 9.17) is 15.2 Å². The van der Waals surface area contributed by atoms with E-state index < -0.39 is 0 Å². The Labute approximate surface area is 132 Å². The maximum Gasteiger partial charge on any atom is 0.224 e. The van der Waals surface area contributed by atoms with Crippen molar-refractivity contribution in [1.82, 2.24) is 0 Å². The van der Waals surface area contributed by atoms with Gasteiger partial charge in [-0.2, -0.15) is 0 Å². The second kappa shape index (κ2) is 8.76. The minimum Gasteiger partial charge on any atom is -0.493 e. The van der Waals surface area contributed by atoms with E-state index in [1.54, 1.807) is 0 Å². The van der Waals surface area contributed by atoms with Crippen LogP contribution in [0.1, 0.15) is 32.6 Å². The summed E-state index contributed by atoms with van der Waals surface area (Å²) in [6, 6.07) is 7.55. The van der Waals surface area contributed by atoms with Gasteiger partial charge in [-0.1, -0.05) is 0 Å². The molecule has 1 aromatic carbocycles. The van der Waals surface area contributed by atoms with Crippen LogP contribution in [0.4, 0.5) is 5.69 Å². The molecule has 0 radical (unpaired) electrons. The molecule has 1 unspecified atom stereocenters. The maximum absolute atomic E-state index is 11.7. The van der Waals surface area contributed by atoms with Gasteiger partial charge in [-0.15, -0.1) is 0 Å². The van der Waals surface area contributed by atoms with E-state index in [0.717, 1.165) is 44.1 Å². The third-order valence-corrected chi connectivity index (χ3v) is 3.79. The highest BCUT2D eigenvalue weighted by Crippen LogP contribution is 2.20. The Balaban J connectivity index is 1.73. The zero-order valence-electron chi connectivity index (χ0n) is 13.2. The van der Waals surface area contributed by atoms with Crippen LogP contribution in [0.5, 0.6) is 5.75 Å². The first kappa shape index (κ1) is 16.8. The lowest BCUT2D eigenvalue weighted by molar-refractivity contribution is -0.116. The molecule has 1 atom stereocenters. The van der Waals surface area contributed by atoms with Crippen LogP contribution in [-0.4, -0.2) is 31.8 Å². The van der Waals surface area contributed by atoms with Crippen LogP contribution in [-0.2, 0) is 9.53 Å². The number of benzene rings is 1. The second-order valence-corrected chi connectivity index (χ2v) is 5.96. The van der Waals surface area contributed by atoms with Crippen LogP contribution in [0, 0.1) is 5.92 Å². The number of nitrogens with one attached hydrogen (secondary N) is 1. The molecule has 1 aliphatic heterocycles. The molecule has 1 aromatic rings. The summed E-state index contributed by atoms with van der Waals surface area (Å²) in [5.41, 5.74) is 6.43. The van der Waals surface area contributed by atoms with Crippen molar-refractivity contribution in [2.75, 3.05) is 25.1 Å². The molecular weight excluding hydrogens is 280 g/mol. The number of ether oxygens (including phenoxy) is 2. The van der Waals surface area contributed by atoms with Crippen molar-refractivity contribution < 1.29 is 14.3 Å². The van der Waals surface area contributed by atoms with Crippen molar-refractivity contribution >= 4 is 11.6 Å². The Hall–Kier alpha value is -1.59. The van der Waals surface area contributed by atoms with Gasteiger partial charge >= 0.3 is 0 Å². The number of carbonyl (C=O) groups excluding carboxylic acids is 1. The fourth-order valence-electron chi connectivity index (χ4n) is 2.34. The molecule has 122 valence electrons. The number of nitrogens with two attached hydrogens (primary N) is 1. The molecule has 0 bridgehead atoms. The highest BCUT2D eigenvalue weighted by Gasteiger charge is 2.14. The number of carbonyl (C=O) groups is 1. The molecule has 0 spiro atoms. The van der Waals surface area contributed by atoms with Crippen LogP contribution in [0.25, 0.3) is 0 Å². The minimum atomic E-state index is -0.00632. The van der Waals surface area contributed by atoms with Crippen molar-refractivity contribution in [2.24, 2.45) is 11.7 Å². The average molecular weight is 306 g/mol. The summed E-state index contributed by atoms with van der Waals surface area (Å²) in [6.45, 7) is 4.29. The zero-order valence-corrected chi connectivity index (χ0v) is 13.2. The van der Waals surface area contributed by atoms with Crippen molar-refractivity contribution in [3.05, 3.63) is 24.3 Å². The number of anilines is 1. The standard InChI is InChI=1S/C17H26N2O3/c1-13(18)2-7-17(20)19-15-3-5-16(6-4-15)22-12-14-8-10-21-11-9-14/h3-6,13-14H,2,7-12,18H2,1H3,(H,19,20). The first-order chi connectivity index (χ1) is 10.6. The van der Waals surface area contributed by atoms with Gasteiger partial charge in [0.25, 0.3) is 0 Å². The Morgan fingerprint density at radius 3 is 2.68 bits per heavy atom. The quantitative estimate of drug-likeness (QED) is 0.812. The first-order valence-corrected chi connectivity index (χ1v) is 7.99. The monoisotopic (exact) mass is 306 g/mol. The molecule has 5 heteroatoms. The summed E-state index contributed by atoms with van der Waals surface area (Å²) in [7, 11) is 0. The third kappa shape index (κ3) is 6.03. The predicted octanol–water partition coefficient (Wildman–Crippen LogP) is 2.56. The van der Waals surface area contributed by atoms with Crippen molar-refractivity contribution in [3.8, 4) is 5.75 Å². The molecule has 0 aromatic heterocycles. The summed E-state index contributed by atoms with van der Waals surface area (Å²) in [6.07, 6.45) is 3.26. The van der Waals surface area contributed by atoms with Gasteiger partial charge in [-0.05, 0) is 56.4 Å². The van der Waals surface area contributed by atoms with Crippen molar-refractivity contribution in [2.45, 2.75) is 38.6 Å². The van der Waals surface area contributed by atoms with Crippen LogP contribution in [0.3, 0.4) is 0 Å². The Morgan fingerprint density at radius 2 is 2.05 bits per heavy atom. The Kier molecular flexibility index (Phi) is 6.68. The second-order valence-electron chi connectivity index (χ2n) is 5.96. The fourth-order valence-corrected chi connectivity index (χ4v) is 2.34. The summed E-state index contributed by atoms with van der Waals surface area (Å²) < 4.78 is 11.1. The molecule has 5 nitrogen and oxygen atoms in total. The van der Waals surface area contributed by atoms with Crippen LogP contribution in [0.2, 0.25) is 0 Å². The van der Waals surface area contributed by atoms with E-state index in [9.17, 15) is 4.79 Å². The van der Waals surface area contributed by atoms with Gasteiger partial charge in [0.15, 0.2) is 0 Å². The van der Waals surface area contributed by atoms with E-state index in [-0.39, 0.29) is 11.9 Å². The molecule has 1 fully saturated rings. The van der Waals surface area contributed by atoms with E-state index in [1.807, 2.05) is 31.2 Å². The molecule has 1 amide bonds. The summed E-state index contributed by atoms with van der Waals surface area (Å²) >= 11 is 0. The highest BCUT2D eigenvalue weighted by atomic mass is 16.5. The SMILES string of the molecule is CC(N)CCC(=O)Nc1ccc(OCC2CCOCC2)cc1. The van der Waals surface area contributed by atoms with E-state index in [2.05, 4.69) is 5.32 Å². The topological polar surface area (TPSA) is 73.6 Å². The Bertz CT molecular complexity index is 453. The lowest BCUT2D eigenvalue weighted by atomic mass is 10.0. The van der Waals surface area contributed by atoms with Crippen molar-refractivity contribution in [3.63, 3.8) is 0 Å². The van der Waals surface area contributed by atoms with Gasteiger partial charge in [-0.25, -0.2) is 0 Å². The number of amides is 1. The highest BCUT2D eigenvalue weighted by molar-refractivity contribution is 5.90. The normalized spacial score (nSPS) is 17.0. The largest absolute Gasteiger partial charge is 0.493 e. The van der Waals surface area contributed by atoms with Crippen LogP contribution >= 0.6 is 0 Å². The number of rotatable bonds is 7. The molecule has 3 N–H and O–H groups in total. The molecule has 2 rings (SSSR count). The summed E-state index contributed by atoms with van der Waals surface area (Å²) in [5.74, 6) is 1.40. The molecule has 22 heavy (non-hydrogen) atoms. The summed E-state index contributed by atoms with van der Waals surface area (Å²) in [4.78, 5) is 11.7. The zero-order chi connectivity index (χ0) is 15.8. The molecule has 1 heterocycles. The first-order valence-electron chi connectivity index (χ1n) is 7.99. The van der Waals surface area contributed by atoms with Gasteiger partial charge in [0.05, 0.1) is 6.61 Å². The van der Waals surface area contributed by atoms with Gasteiger partial charge in [-0.3, -0.25) is 4.79 Å². The number of hydrogen-bond acceptors (Lipinski definition) is 4. The van der Waals surface area contributed by atoms with E-state index >= 15 is 0 Å². The summed E-state index contributed by atoms with van der Waals surface area (Å²) in [5, 5.41) is 2.86. The van der Waals surface area contributed by atoms with Gasteiger partial charge in [0, 0.05) is 31.4 Å². The molecule has 1 saturated heterocycles. The predicted molar refractivity (Wildman–Crippen MR) is 87.0 cm³/mol. The molecular formula is C17H26N2O3.